The zero-order chi connectivity index (χ0) is 15.5. The maximum atomic E-state index is 12.2. The molecule has 1 aromatic rings. The Hall–Kier alpha value is -1.51. The molecule has 0 heterocycles. The lowest BCUT2D eigenvalue weighted by molar-refractivity contribution is -0.385. The van der Waals surface area contributed by atoms with Crippen LogP contribution in [0.1, 0.15) is 32.1 Å². The summed E-state index contributed by atoms with van der Waals surface area (Å²) in [5.41, 5.74) is 5.41. The Morgan fingerprint density at radius 1 is 1.29 bits per heavy atom. The Labute approximate surface area is 123 Å². The number of nitrogens with one attached hydrogen (secondary N) is 1. The van der Waals surface area contributed by atoms with E-state index in [1.807, 2.05) is 0 Å². The van der Waals surface area contributed by atoms with E-state index >= 15 is 0 Å². The summed E-state index contributed by atoms with van der Waals surface area (Å²) in [6, 6.07) is 4.99. The van der Waals surface area contributed by atoms with Gasteiger partial charge in [0.2, 0.25) is 10.0 Å². The van der Waals surface area contributed by atoms with Crippen LogP contribution in [0.15, 0.2) is 29.2 Å². The third kappa shape index (κ3) is 3.99. The summed E-state index contributed by atoms with van der Waals surface area (Å²) in [4.78, 5) is 9.97. The number of sulfonamides is 1. The summed E-state index contributed by atoms with van der Waals surface area (Å²) in [7, 11) is -3.79. The van der Waals surface area contributed by atoms with Crippen LogP contribution in [-0.2, 0) is 10.0 Å². The molecular formula is C13H19N3O4S. The normalized spacial score (nSPS) is 18.3. The van der Waals surface area contributed by atoms with Crippen LogP contribution in [0.4, 0.5) is 5.69 Å². The molecule has 0 spiro atoms. The van der Waals surface area contributed by atoms with E-state index < -0.39 is 20.5 Å². The lowest BCUT2D eigenvalue weighted by atomic mass is 9.83. The molecule has 1 fully saturated rings. The van der Waals surface area contributed by atoms with Crippen LogP contribution in [0.2, 0.25) is 0 Å². The molecule has 1 saturated carbocycles. The van der Waals surface area contributed by atoms with Crippen molar-refractivity contribution in [1.29, 1.82) is 0 Å². The maximum absolute atomic E-state index is 12.2. The average Bonchev–Trinajstić information content (AvgIpc) is 2.46. The van der Waals surface area contributed by atoms with Gasteiger partial charge in [0.15, 0.2) is 0 Å². The third-order valence-corrected chi connectivity index (χ3v) is 5.20. The van der Waals surface area contributed by atoms with Crippen LogP contribution in [0.25, 0.3) is 0 Å². The third-order valence-electron chi connectivity index (χ3n) is 3.80. The van der Waals surface area contributed by atoms with E-state index in [0.29, 0.717) is 0 Å². The fraction of sp³-hybridized carbons (Fsp3) is 0.538. The molecule has 0 aromatic heterocycles. The Morgan fingerprint density at radius 2 is 1.95 bits per heavy atom. The molecule has 7 nitrogen and oxygen atoms in total. The average molecular weight is 313 g/mol. The number of nitro groups is 1. The first-order valence-electron chi connectivity index (χ1n) is 6.85. The van der Waals surface area contributed by atoms with Gasteiger partial charge in [-0.15, -0.1) is 0 Å². The van der Waals surface area contributed by atoms with Crippen molar-refractivity contribution in [3.05, 3.63) is 34.4 Å². The molecule has 2 rings (SSSR count). The summed E-state index contributed by atoms with van der Waals surface area (Å²) in [5.74, 6) is 0. The largest absolute Gasteiger partial charge is 0.324 e. The number of rotatable bonds is 5. The second-order valence-electron chi connectivity index (χ2n) is 5.50. The highest BCUT2D eigenvalue weighted by atomic mass is 32.2. The van der Waals surface area contributed by atoms with Crippen LogP contribution in [-0.4, -0.2) is 25.4 Å². The van der Waals surface area contributed by atoms with Gasteiger partial charge in [-0.1, -0.05) is 25.3 Å². The van der Waals surface area contributed by atoms with Crippen molar-refractivity contribution in [2.75, 3.05) is 6.54 Å². The number of hydrogen-bond acceptors (Lipinski definition) is 5. The van der Waals surface area contributed by atoms with Crippen molar-refractivity contribution in [3.8, 4) is 0 Å². The van der Waals surface area contributed by atoms with E-state index in [4.69, 9.17) is 5.73 Å². The van der Waals surface area contributed by atoms with Gasteiger partial charge in [0.05, 0.1) is 9.82 Å². The molecule has 0 bridgehead atoms. The minimum atomic E-state index is -3.79. The quantitative estimate of drug-likeness (QED) is 0.632. The molecule has 1 aliphatic carbocycles. The molecule has 21 heavy (non-hydrogen) atoms. The fourth-order valence-corrected chi connectivity index (χ4v) is 3.70. The topological polar surface area (TPSA) is 115 Å². The zero-order valence-corrected chi connectivity index (χ0v) is 12.4. The van der Waals surface area contributed by atoms with Crippen LogP contribution < -0.4 is 10.5 Å². The van der Waals surface area contributed by atoms with Crippen LogP contribution in [0.3, 0.4) is 0 Å². The van der Waals surface area contributed by atoms with Gasteiger partial charge in [-0.3, -0.25) is 10.1 Å². The first-order valence-corrected chi connectivity index (χ1v) is 8.34. The zero-order valence-electron chi connectivity index (χ0n) is 11.6. The van der Waals surface area contributed by atoms with Crippen LogP contribution >= 0.6 is 0 Å². The monoisotopic (exact) mass is 313 g/mol. The van der Waals surface area contributed by atoms with Crippen molar-refractivity contribution in [2.45, 2.75) is 42.5 Å². The lowest BCUT2D eigenvalue weighted by Gasteiger charge is -2.33. The van der Waals surface area contributed by atoms with Gasteiger partial charge in [-0.2, -0.15) is 0 Å². The summed E-state index contributed by atoms with van der Waals surface area (Å²) in [6.45, 7) is 0.151. The molecule has 0 radical (unpaired) electrons. The van der Waals surface area contributed by atoms with E-state index in [1.165, 1.54) is 18.2 Å². The Balaban J connectivity index is 2.11. The van der Waals surface area contributed by atoms with Gasteiger partial charge in [0.25, 0.3) is 5.69 Å². The number of hydrogen-bond donors (Lipinski definition) is 2. The minimum absolute atomic E-state index is 0.115. The van der Waals surface area contributed by atoms with E-state index in [0.717, 1.165) is 38.2 Å². The van der Waals surface area contributed by atoms with Crippen LogP contribution in [0.5, 0.6) is 0 Å². The number of nitrogens with two attached hydrogens (primary N) is 1. The number of nitro benzene ring substituents is 1. The van der Waals surface area contributed by atoms with Gasteiger partial charge < -0.3 is 5.73 Å². The molecule has 0 unspecified atom stereocenters. The van der Waals surface area contributed by atoms with Gasteiger partial charge in [0.1, 0.15) is 0 Å². The SMILES string of the molecule is NC1(CNS(=O)(=O)c2cccc([N+](=O)[O-])c2)CCCCC1. The first kappa shape index (κ1) is 15.9. The molecule has 116 valence electrons. The predicted octanol–water partition coefficient (Wildman–Crippen LogP) is 1.53. The van der Waals surface area contributed by atoms with Crippen molar-refractivity contribution in [1.82, 2.24) is 4.72 Å². The molecule has 8 heteroatoms. The Bertz CT molecular complexity index is 624. The highest BCUT2D eigenvalue weighted by Crippen LogP contribution is 2.26. The predicted molar refractivity (Wildman–Crippen MR) is 78.3 cm³/mol. The Kier molecular flexibility index (Phi) is 4.60. The van der Waals surface area contributed by atoms with E-state index in [9.17, 15) is 18.5 Å². The van der Waals surface area contributed by atoms with Crippen molar-refractivity contribution >= 4 is 15.7 Å². The molecular weight excluding hydrogens is 294 g/mol. The lowest BCUT2D eigenvalue weighted by Crippen LogP contribution is -2.51. The number of non-ortho nitro benzene ring substituents is 1. The van der Waals surface area contributed by atoms with Gasteiger partial charge in [-0.25, -0.2) is 13.1 Å². The van der Waals surface area contributed by atoms with Gasteiger partial charge in [-0.05, 0) is 18.9 Å². The minimum Gasteiger partial charge on any atom is -0.324 e. The molecule has 1 aromatic carbocycles. The Morgan fingerprint density at radius 3 is 2.57 bits per heavy atom. The second kappa shape index (κ2) is 6.08. The van der Waals surface area contributed by atoms with E-state index in [2.05, 4.69) is 4.72 Å². The van der Waals surface area contributed by atoms with Crippen molar-refractivity contribution in [2.24, 2.45) is 5.73 Å². The van der Waals surface area contributed by atoms with Gasteiger partial charge >= 0.3 is 0 Å². The summed E-state index contributed by atoms with van der Waals surface area (Å²) in [6.07, 6.45) is 4.68. The fourth-order valence-electron chi connectivity index (χ4n) is 2.52. The van der Waals surface area contributed by atoms with Gasteiger partial charge in [0, 0.05) is 24.2 Å². The molecule has 3 N–H and O–H groups in total. The second-order valence-corrected chi connectivity index (χ2v) is 7.27. The summed E-state index contributed by atoms with van der Waals surface area (Å²) >= 11 is 0. The first-order chi connectivity index (χ1) is 9.82. The van der Waals surface area contributed by atoms with Crippen molar-refractivity contribution < 1.29 is 13.3 Å². The van der Waals surface area contributed by atoms with Crippen LogP contribution in [0, 0.1) is 10.1 Å². The van der Waals surface area contributed by atoms with Crippen molar-refractivity contribution in [3.63, 3.8) is 0 Å². The molecule has 1 aliphatic rings. The van der Waals surface area contributed by atoms with E-state index in [-0.39, 0.29) is 17.1 Å². The summed E-state index contributed by atoms with van der Waals surface area (Å²) < 4.78 is 26.9. The maximum Gasteiger partial charge on any atom is 0.270 e. The molecule has 0 atom stereocenters. The molecule has 0 aliphatic heterocycles. The molecule has 0 saturated heterocycles. The smallest absolute Gasteiger partial charge is 0.270 e. The standard InChI is InChI=1S/C13H19N3O4S/c14-13(7-2-1-3-8-13)10-15-21(19,20)12-6-4-5-11(9-12)16(17)18/h4-6,9,15H,1-3,7-8,10,14H2. The highest BCUT2D eigenvalue weighted by Gasteiger charge is 2.29. The summed E-state index contributed by atoms with van der Waals surface area (Å²) in [5, 5.41) is 10.7. The number of benzene rings is 1. The van der Waals surface area contributed by atoms with E-state index in [1.54, 1.807) is 0 Å². The highest BCUT2D eigenvalue weighted by molar-refractivity contribution is 7.89. The molecule has 0 amide bonds. The number of nitrogens with zero attached hydrogens (tertiary/aromatic N) is 1.